The van der Waals surface area contributed by atoms with Crippen LogP contribution >= 0.6 is 22.7 Å². The molecule has 0 unspecified atom stereocenters. The molecule has 12 nitrogen and oxygen atoms in total. The Morgan fingerprint density at radius 3 is 2.26 bits per heavy atom. The number of anilines is 3. The predicted octanol–water partition coefficient (Wildman–Crippen LogP) is 3.97. The lowest BCUT2D eigenvalue weighted by molar-refractivity contribution is 0.0519. The van der Waals surface area contributed by atoms with Crippen molar-refractivity contribution in [2.45, 2.75) is 33.3 Å². The highest BCUT2D eigenvalue weighted by Crippen LogP contribution is 2.21. The second-order valence-corrected chi connectivity index (χ2v) is 9.77. The number of esters is 1. The molecule has 14 heteroatoms. The van der Waals surface area contributed by atoms with Gasteiger partial charge in [0.25, 0.3) is 11.8 Å². The Morgan fingerprint density at radius 2 is 1.60 bits per heavy atom. The normalized spacial score (nSPS) is 11.0. The quantitative estimate of drug-likeness (QED) is 0.396. The van der Waals surface area contributed by atoms with E-state index in [1.54, 1.807) is 40.9 Å². The van der Waals surface area contributed by atoms with Crippen molar-refractivity contribution in [3.63, 3.8) is 0 Å². The highest BCUT2D eigenvalue weighted by atomic mass is 32.1. The van der Waals surface area contributed by atoms with Crippen LogP contribution in [0.15, 0.2) is 23.0 Å². The van der Waals surface area contributed by atoms with Gasteiger partial charge in [0.05, 0.1) is 12.3 Å². The molecule has 0 radical (unpaired) electrons. The van der Waals surface area contributed by atoms with Gasteiger partial charge in [0.1, 0.15) is 17.0 Å². The molecule has 3 aromatic rings. The van der Waals surface area contributed by atoms with Crippen molar-refractivity contribution in [1.29, 1.82) is 0 Å². The third-order valence-electron chi connectivity index (χ3n) is 4.05. The molecule has 3 rings (SSSR count). The van der Waals surface area contributed by atoms with E-state index in [9.17, 15) is 19.2 Å². The van der Waals surface area contributed by atoms with Crippen LogP contribution in [-0.4, -0.2) is 50.6 Å². The van der Waals surface area contributed by atoms with E-state index in [1.165, 1.54) is 21.4 Å². The summed E-state index contributed by atoms with van der Waals surface area (Å²) in [5.41, 5.74) is 0.144. The molecular formula is C21H24N6O6S2. The van der Waals surface area contributed by atoms with E-state index in [-0.39, 0.29) is 34.0 Å². The van der Waals surface area contributed by atoms with Crippen LogP contribution in [0.25, 0.3) is 0 Å². The summed E-state index contributed by atoms with van der Waals surface area (Å²) in [6, 6.07) is 1.49. The number of carbonyl (C=O) groups is 4. The highest BCUT2D eigenvalue weighted by molar-refractivity contribution is 7.14. The van der Waals surface area contributed by atoms with Gasteiger partial charge in [0, 0.05) is 24.0 Å². The fourth-order valence-electron chi connectivity index (χ4n) is 2.67. The summed E-state index contributed by atoms with van der Waals surface area (Å²) in [7, 11) is 1.64. The maximum Gasteiger partial charge on any atom is 0.413 e. The number of ether oxygens (including phenoxy) is 2. The van der Waals surface area contributed by atoms with Gasteiger partial charge in [-0.25, -0.2) is 19.6 Å². The van der Waals surface area contributed by atoms with Crippen LogP contribution in [0.3, 0.4) is 0 Å². The van der Waals surface area contributed by atoms with Gasteiger partial charge in [-0.3, -0.25) is 20.2 Å². The van der Waals surface area contributed by atoms with Gasteiger partial charge in [-0.05, 0) is 33.8 Å². The molecule has 0 atom stereocenters. The standard InChI is InChI=1S/C21H24N6O6S2/c1-6-32-17(30)13-10-35-18(24-13)25-16(29)14-7-11(8-27(14)5)22-15(28)12-9-34-19(23-12)26-20(31)33-21(2,3)4/h7-10H,6H2,1-5H3,(H,22,28)(H,23,26,31)(H,24,25,29). The van der Waals surface area contributed by atoms with E-state index in [0.717, 1.165) is 22.7 Å². The maximum absolute atomic E-state index is 12.7. The Bertz CT molecular complexity index is 1260. The first-order valence-corrected chi connectivity index (χ1v) is 12.1. The zero-order chi connectivity index (χ0) is 25.8. The van der Waals surface area contributed by atoms with Gasteiger partial charge in [-0.1, -0.05) is 0 Å². The Morgan fingerprint density at radius 1 is 0.971 bits per heavy atom. The number of nitrogens with zero attached hydrogens (tertiary/aromatic N) is 3. The summed E-state index contributed by atoms with van der Waals surface area (Å²) < 4.78 is 11.6. The van der Waals surface area contributed by atoms with Crippen molar-refractivity contribution in [3.05, 3.63) is 40.1 Å². The molecule has 0 fully saturated rings. The van der Waals surface area contributed by atoms with E-state index in [0.29, 0.717) is 5.69 Å². The summed E-state index contributed by atoms with van der Waals surface area (Å²) in [5.74, 6) is -1.56. The van der Waals surface area contributed by atoms with E-state index >= 15 is 0 Å². The Balaban J connectivity index is 1.61. The number of aryl methyl sites for hydroxylation is 1. The van der Waals surface area contributed by atoms with Crippen LogP contribution in [0.4, 0.5) is 20.7 Å². The van der Waals surface area contributed by atoms with E-state index < -0.39 is 29.5 Å². The summed E-state index contributed by atoms with van der Waals surface area (Å²) in [6.45, 7) is 7.11. The molecule has 35 heavy (non-hydrogen) atoms. The van der Waals surface area contributed by atoms with Crippen LogP contribution in [-0.2, 0) is 16.5 Å². The van der Waals surface area contributed by atoms with Crippen LogP contribution in [0.5, 0.6) is 0 Å². The number of aromatic nitrogens is 3. The van der Waals surface area contributed by atoms with Gasteiger partial charge in [0.2, 0.25) is 0 Å². The van der Waals surface area contributed by atoms with Crippen molar-refractivity contribution >= 4 is 62.5 Å². The van der Waals surface area contributed by atoms with Crippen molar-refractivity contribution in [2.24, 2.45) is 7.05 Å². The first-order valence-electron chi connectivity index (χ1n) is 10.3. The minimum absolute atomic E-state index is 0.0881. The van der Waals surface area contributed by atoms with Gasteiger partial charge in [-0.15, -0.1) is 22.7 Å². The minimum Gasteiger partial charge on any atom is -0.461 e. The zero-order valence-corrected chi connectivity index (χ0v) is 21.3. The lowest BCUT2D eigenvalue weighted by Crippen LogP contribution is -2.27. The third kappa shape index (κ3) is 7.10. The number of nitrogens with one attached hydrogen (secondary N) is 3. The molecule has 0 aliphatic heterocycles. The molecule has 3 aromatic heterocycles. The summed E-state index contributed by atoms with van der Waals surface area (Å²) >= 11 is 2.16. The monoisotopic (exact) mass is 520 g/mol. The molecule has 0 bridgehead atoms. The Hall–Kier alpha value is -3.78. The fraction of sp³-hybridized carbons (Fsp3) is 0.333. The highest BCUT2D eigenvalue weighted by Gasteiger charge is 2.20. The third-order valence-corrected chi connectivity index (χ3v) is 5.56. The maximum atomic E-state index is 12.7. The minimum atomic E-state index is -0.674. The average Bonchev–Trinajstić information content (AvgIpc) is 3.47. The number of carbonyl (C=O) groups excluding carboxylic acids is 4. The van der Waals surface area contributed by atoms with Gasteiger partial charge < -0.3 is 19.4 Å². The molecule has 0 saturated carbocycles. The number of rotatable bonds is 7. The number of hydrogen-bond acceptors (Lipinski definition) is 10. The van der Waals surface area contributed by atoms with E-state index in [2.05, 4.69) is 25.9 Å². The topological polar surface area (TPSA) is 154 Å². The SMILES string of the molecule is CCOC(=O)c1csc(NC(=O)c2cc(NC(=O)c3csc(NC(=O)OC(C)(C)C)n3)cn2C)n1. The molecule has 3 N–H and O–H groups in total. The van der Waals surface area contributed by atoms with Gasteiger partial charge in [0.15, 0.2) is 16.0 Å². The zero-order valence-electron chi connectivity index (χ0n) is 19.6. The van der Waals surface area contributed by atoms with Crippen LogP contribution in [0.2, 0.25) is 0 Å². The smallest absolute Gasteiger partial charge is 0.413 e. The fourth-order valence-corrected chi connectivity index (χ4v) is 4.02. The molecular weight excluding hydrogens is 496 g/mol. The van der Waals surface area contributed by atoms with Crippen molar-refractivity contribution in [2.75, 3.05) is 22.6 Å². The Kier molecular flexibility index (Phi) is 7.86. The van der Waals surface area contributed by atoms with Crippen LogP contribution in [0.1, 0.15) is 59.2 Å². The molecule has 0 aromatic carbocycles. The Labute approximate surface area is 208 Å². The largest absolute Gasteiger partial charge is 0.461 e. The molecule has 0 aliphatic carbocycles. The second kappa shape index (κ2) is 10.7. The van der Waals surface area contributed by atoms with E-state index in [1.807, 2.05) is 0 Å². The van der Waals surface area contributed by atoms with Crippen molar-refractivity contribution < 1.29 is 28.7 Å². The molecule has 0 aliphatic rings. The molecule has 3 amide bonds. The molecule has 0 spiro atoms. The van der Waals surface area contributed by atoms with Gasteiger partial charge in [-0.2, -0.15) is 0 Å². The van der Waals surface area contributed by atoms with Crippen LogP contribution < -0.4 is 16.0 Å². The van der Waals surface area contributed by atoms with Crippen molar-refractivity contribution in [1.82, 2.24) is 14.5 Å². The predicted molar refractivity (Wildman–Crippen MR) is 131 cm³/mol. The van der Waals surface area contributed by atoms with E-state index in [4.69, 9.17) is 9.47 Å². The lowest BCUT2D eigenvalue weighted by Gasteiger charge is -2.18. The molecule has 0 saturated heterocycles. The first-order chi connectivity index (χ1) is 16.4. The first kappa shape index (κ1) is 25.8. The summed E-state index contributed by atoms with van der Waals surface area (Å²) in [6.07, 6.45) is 0.886. The van der Waals surface area contributed by atoms with Crippen LogP contribution in [0, 0.1) is 0 Å². The molecule has 186 valence electrons. The average molecular weight is 521 g/mol. The number of thiazole rings is 2. The van der Waals surface area contributed by atoms with Crippen molar-refractivity contribution in [3.8, 4) is 0 Å². The summed E-state index contributed by atoms with van der Waals surface area (Å²) in [4.78, 5) is 57.0. The summed E-state index contributed by atoms with van der Waals surface area (Å²) in [5, 5.41) is 11.2. The second-order valence-electron chi connectivity index (χ2n) is 8.06. The van der Waals surface area contributed by atoms with Gasteiger partial charge >= 0.3 is 12.1 Å². The number of hydrogen-bond donors (Lipinski definition) is 3. The molecule has 3 heterocycles. The lowest BCUT2D eigenvalue weighted by atomic mass is 10.2. The number of amides is 3.